The molecule has 0 amide bonds. The minimum Gasteiger partial charge on any atom is -0.358 e. The van der Waals surface area contributed by atoms with Crippen molar-refractivity contribution in [1.29, 1.82) is 0 Å². The molecule has 19 heavy (non-hydrogen) atoms. The number of aryl methyl sites for hydroxylation is 1. The second kappa shape index (κ2) is 9.53. The molecule has 0 unspecified atom stereocenters. The molecule has 108 valence electrons. The summed E-state index contributed by atoms with van der Waals surface area (Å²) >= 11 is 0. The number of hydrogen-bond acceptors (Lipinski definition) is 3. The molecule has 0 fully saturated rings. The first-order valence-corrected chi connectivity index (χ1v) is 7.42. The first-order valence-electron chi connectivity index (χ1n) is 7.42. The average Bonchev–Trinajstić information content (AvgIpc) is 2.86. The van der Waals surface area contributed by atoms with Crippen LogP contribution in [0.1, 0.15) is 64.7 Å². The third kappa shape index (κ3) is 6.94. The van der Waals surface area contributed by atoms with Crippen LogP contribution in [-0.4, -0.2) is 14.7 Å². The Hall–Kier alpha value is -1.39. The van der Waals surface area contributed by atoms with Crippen molar-refractivity contribution in [3.8, 4) is 0 Å². The highest BCUT2D eigenvalue weighted by Gasteiger charge is 2.09. The summed E-state index contributed by atoms with van der Waals surface area (Å²) < 4.78 is 1.67. The highest BCUT2D eigenvalue weighted by molar-refractivity contribution is 5.13. The number of aromatic nitrogens is 2. The third-order valence-electron chi connectivity index (χ3n) is 3.30. The van der Waals surface area contributed by atoms with Gasteiger partial charge >= 0.3 is 5.82 Å². The first kappa shape index (κ1) is 15.7. The maximum Gasteiger partial charge on any atom is 0.389 e. The number of rotatable bonds is 11. The van der Waals surface area contributed by atoms with Gasteiger partial charge in [0, 0.05) is 0 Å². The molecule has 1 heterocycles. The molecule has 0 aliphatic rings. The van der Waals surface area contributed by atoms with Crippen LogP contribution in [0, 0.1) is 10.1 Å². The van der Waals surface area contributed by atoms with Crippen molar-refractivity contribution in [3.05, 3.63) is 22.4 Å². The summed E-state index contributed by atoms with van der Waals surface area (Å²) in [6.45, 7) is 3.02. The molecule has 0 bridgehead atoms. The van der Waals surface area contributed by atoms with Gasteiger partial charge in [-0.05, 0) is 11.3 Å². The Morgan fingerprint density at radius 2 is 1.68 bits per heavy atom. The van der Waals surface area contributed by atoms with Gasteiger partial charge in [-0.1, -0.05) is 58.3 Å². The summed E-state index contributed by atoms with van der Waals surface area (Å²) in [7, 11) is 0. The van der Waals surface area contributed by atoms with Crippen molar-refractivity contribution in [2.75, 3.05) is 0 Å². The molecule has 5 heteroatoms. The number of nitro groups is 1. The van der Waals surface area contributed by atoms with E-state index in [0.717, 1.165) is 13.0 Å². The van der Waals surface area contributed by atoms with Crippen molar-refractivity contribution in [2.24, 2.45) is 0 Å². The number of nitrogens with zero attached hydrogens (tertiary/aromatic N) is 3. The molecule has 0 saturated carbocycles. The topological polar surface area (TPSA) is 61.0 Å². The van der Waals surface area contributed by atoms with Gasteiger partial charge in [0.05, 0.1) is 23.9 Å². The van der Waals surface area contributed by atoms with Crippen LogP contribution in [0.5, 0.6) is 0 Å². The van der Waals surface area contributed by atoms with E-state index < -0.39 is 4.92 Å². The van der Waals surface area contributed by atoms with Crippen molar-refractivity contribution in [2.45, 2.75) is 71.3 Å². The van der Waals surface area contributed by atoms with E-state index >= 15 is 0 Å². The van der Waals surface area contributed by atoms with E-state index in [1.54, 1.807) is 10.9 Å². The molecular formula is C14H25N3O2. The zero-order valence-electron chi connectivity index (χ0n) is 11.9. The second-order valence-corrected chi connectivity index (χ2v) is 5.02. The lowest BCUT2D eigenvalue weighted by atomic mass is 10.1. The van der Waals surface area contributed by atoms with Gasteiger partial charge in [-0.3, -0.25) is 0 Å². The van der Waals surface area contributed by atoms with E-state index in [2.05, 4.69) is 12.0 Å². The Balaban J connectivity index is 1.97. The molecule has 5 nitrogen and oxygen atoms in total. The summed E-state index contributed by atoms with van der Waals surface area (Å²) in [6, 6.07) is 1.45. The lowest BCUT2D eigenvalue weighted by Crippen LogP contribution is -1.99. The predicted octanol–water partition coefficient (Wildman–Crippen LogP) is 4.32. The molecule has 0 N–H and O–H groups in total. The molecule has 0 aromatic carbocycles. The van der Waals surface area contributed by atoms with Crippen LogP contribution < -0.4 is 0 Å². The van der Waals surface area contributed by atoms with Gasteiger partial charge < -0.3 is 10.1 Å². The third-order valence-corrected chi connectivity index (χ3v) is 3.30. The largest absolute Gasteiger partial charge is 0.389 e. The normalized spacial score (nSPS) is 10.8. The molecule has 1 rings (SSSR count). The summed E-state index contributed by atoms with van der Waals surface area (Å²) in [5.41, 5.74) is 0. The van der Waals surface area contributed by atoms with E-state index in [-0.39, 0.29) is 5.82 Å². The fraction of sp³-hybridized carbons (Fsp3) is 0.786. The van der Waals surface area contributed by atoms with Crippen molar-refractivity contribution in [3.63, 3.8) is 0 Å². The number of hydrogen-bond donors (Lipinski definition) is 0. The molecule has 0 aliphatic carbocycles. The summed E-state index contributed by atoms with van der Waals surface area (Å²) in [4.78, 5) is 10.0. The standard InChI is InChI=1S/C14H25N3O2/c1-2-3-4-5-6-7-8-9-10-12-16-13-11-14(15-16)17(18)19/h11,13H,2-10,12H2,1H3. The maximum absolute atomic E-state index is 10.5. The summed E-state index contributed by atoms with van der Waals surface area (Å²) in [5, 5.41) is 14.4. The molecule has 0 radical (unpaired) electrons. The van der Waals surface area contributed by atoms with E-state index in [0.29, 0.717) is 0 Å². The lowest BCUT2D eigenvalue weighted by Gasteiger charge is -2.01. The quantitative estimate of drug-likeness (QED) is 0.341. The van der Waals surface area contributed by atoms with Crippen LogP contribution in [0.15, 0.2) is 12.3 Å². The summed E-state index contributed by atoms with van der Waals surface area (Å²) in [6.07, 6.45) is 13.2. The zero-order chi connectivity index (χ0) is 13.9. The van der Waals surface area contributed by atoms with Crippen molar-refractivity contribution >= 4 is 5.82 Å². The molecule has 0 spiro atoms. The Bertz CT molecular complexity index is 363. The van der Waals surface area contributed by atoms with Crippen LogP contribution in [-0.2, 0) is 6.54 Å². The fourth-order valence-corrected chi connectivity index (χ4v) is 2.16. The molecule has 0 aliphatic heterocycles. The molecule has 1 aromatic heterocycles. The Morgan fingerprint density at radius 3 is 2.21 bits per heavy atom. The molecule has 1 aromatic rings. The van der Waals surface area contributed by atoms with Crippen LogP contribution >= 0.6 is 0 Å². The molecule has 0 atom stereocenters. The minimum absolute atomic E-state index is 0.0593. The Labute approximate surface area is 115 Å². The summed E-state index contributed by atoms with van der Waals surface area (Å²) in [5.74, 6) is -0.0593. The predicted molar refractivity (Wildman–Crippen MR) is 76.1 cm³/mol. The smallest absolute Gasteiger partial charge is 0.358 e. The van der Waals surface area contributed by atoms with Crippen LogP contribution in [0.3, 0.4) is 0 Å². The molecular weight excluding hydrogens is 242 g/mol. The highest BCUT2D eigenvalue weighted by atomic mass is 16.6. The Morgan fingerprint density at radius 1 is 1.11 bits per heavy atom. The van der Waals surface area contributed by atoms with Gasteiger partial charge in [-0.25, -0.2) is 0 Å². The van der Waals surface area contributed by atoms with Gasteiger partial charge in [0.25, 0.3) is 0 Å². The van der Waals surface area contributed by atoms with Crippen LogP contribution in [0.4, 0.5) is 5.82 Å². The van der Waals surface area contributed by atoms with E-state index in [4.69, 9.17) is 0 Å². The monoisotopic (exact) mass is 267 g/mol. The van der Waals surface area contributed by atoms with Crippen molar-refractivity contribution < 1.29 is 4.92 Å². The van der Waals surface area contributed by atoms with Crippen molar-refractivity contribution in [1.82, 2.24) is 9.78 Å². The number of unbranched alkanes of at least 4 members (excludes halogenated alkanes) is 8. The van der Waals surface area contributed by atoms with Crippen LogP contribution in [0.2, 0.25) is 0 Å². The second-order valence-electron chi connectivity index (χ2n) is 5.02. The first-order chi connectivity index (χ1) is 9.24. The minimum atomic E-state index is -0.452. The average molecular weight is 267 g/mol. The zero-order valence-corrected chi connectivity index (χ0v) is 11.9. The van der Waals surface area contributed by atoms with Gasteiger partial charge in [0.1, 0.15) is 0 Å². The maximum atomic E-state index is 10.5. The van der Waals surface area contributed by atoms with Gasteiger partial charge in [-0.2, -0.15) is 4.68 Å². The van der Waals surface area contributed by atoms with Gasteiger partial charge in [0.15, 0.2) is 0 Å². The Kier molecular flexibility index (Phi) is 7.86. The lowest BCUT2D eigenvalue weighted by molar-refractivity contribution is -0.389. The van der Waals surface area contributed by atoms with Crippen LogP contribution in [0.25, 0.3) is 0 Å². The van der Waals surface area contributed by atoms with Gasteiger partial charge in [-0.15, -0.1) is 0 Å². The SMILES string of the molecule is CCCCCCCCCCCn1ccc([N+](=O)[O-])n1. The van der Waals surface area contributed by atoms with Gasteiger partial charge in [0.2, 0.25) is 0 Å². The highest BCUT2D eigenvalue weighted by Crippen LogP contribution is 2.11. The molecule has 0 saturated heterocycles. The van der Waals surface area contributed by atoms with E-state index in [1.165, 1.54) is 57.4 Å². The van der Waals surface area contributed by atoms with E-state index in [1.807, 2.05) is 0 Å². The van der Waals surface area contributed by atoms with E-state index in [9.17, 15) is 10.1 Å². The fourth-order valence-electron chi connectivity index (χ4n) is 2.16.